The summed E-state index contributed by atoms with van der Waals surface area (Å²) in [7, 11) is 0. The highest BCUT2D eigenvalue weighted by atomic mass is 79.9. The molecule has 0 bridgehead atoms. The van der Waals surface area contributed by atoms with E-state index in [4.69, 9.17) is 10.00 Å². The van der Waals surface area contributed by atoms with E-state index in [2.05, 4.69) is 20.9 Å². The average molecular weight is 372 g/mol. The van der Waals surface area contributed by atoms with Crippen LogP contribution in [0.3, 0.4) is 0 Å². The van der Waals surface area contributed by atoms with E-state index >= 15 is 0 Å². The zero-order valence-electron chi connectivity index (χ0n) is 12.3. The maximum Gasteiger partial charge on any atom is 0.253 e. The van der Waals surface area contributed by atoms with Crippen LogP contribution in [0, 0.1) is 11.3 Å². The highest BCUT2D eigenvalue weighted by Crippen LogP contribution is 2.25. The molecule has 1 aliphatic heterocycles. The fourth-order valence-electron chi connectivity index (χ4n) is 2.49. The molecule has 23 heavy (non-hydrogen) atoms. The number of likely N-dealkylation sites (tertiary alicyclic amines) is 1. The molecule has 1 aromatic heterocycles. The van der Waals surface area contributed by atoms with Gasteiger partial charge in [-0.05, 0) is 52.3 Å². The number of aromatic nitrogens is 1. The van der Waals surface area contributed by atoms with Gasteiger partial charge in [0, 0.05) is 24.7 Å². The molecule has 1 fully saturated rings. The summed E-state index contributed by atoms with van der Waals surface area (Å²) in [6, 6.07) is 12.4. The van der Waals surface area contributed by atoms with Crippen LogP contribution in [0.25, 0.3) is 0 Å². The predicted octanol–water partition coefficient (Wildman–Crippen LogP) is 3.01. The topological polar surface area (TPSA) is 66.2 Å². The van der Waals surface area contributed by atoms with Gasteiger partial charge in [0.25, 0.3) is 5.91 Å². The fourth-order valence-corrected chi connectivity index (χ4v) is 2.84. The molecule has 0 N–H and O–H groups in total. The van der Waals surface area contributed by atoms with E-state index in [0.29, 0.717) is 30.1 Å². The van der Waals surface area contributed by atoms with Crippen molar-refractivity contribution in [3.8, 4) is 11.9 Å². The number of amides is 1. The summed E-state index contributed by atoms with van der Waals surface area (Å²) in [6.07, 6.45) is 2.38. The lowest BCUT2D eigenvalue weighted by Crippen LogP contribution is -2.31. The SMILES string of the molecule is N#Cc1ccc(C(=O)N2CCC(Oc3ncccc3Br)C2)cc1. The molecule has 1 amide bonds. The van der Waals surface area contributed by atoms with E-state index in [9.17, 15) is 4.79 Å². The summed E-state index contributed by atoms with van der Waals surface area (Å²) < 4.78 is 6.67. The molecule has 2 aromatic rings. The molecule has 1 aromatic carbocycles. The van der Waals surface area contributed by atoms with Gasteiger partial charge in [-0.15, -0.1) is 0 Å². The third kappa shape index (κ3) is 3.51. The molecule has 6 heteroatoms. The summed E-state index contributed by atoms with van der Waals surface area (Å²) in [6.45, 7) is 1.18. The summed E-state index contributed by atoms with van der Waals surface area (Å²) in [5.74, 6) is 0.505. The largest absolute Gasteiger partial charge is 0.472 e. The van der Waals surface area contributed by atoms with Crippen LogP contribution in [0.15, 0.2) is 47.1 Å². The van der Waals surface area contributed by atoms with Crippen LogP contribution in [0.5, 0.6) is 5.88 Å². The maximum atomic E-state index is 12.5. The Morgan fingerprint density at radius 3 is 2.83 bits per heavy atom. The Balaban J connectivity index is 1.64. The van der Waals surface area contributed by atoms with E-state index in [1.807, 2.05) is 18.2 Å². The Bertz CT molecular complexity index is 755. The lowest BCUT2D eigenvalue weighted by atomic mass is 10.1. The lowest BCUT2D eigenvalue weighted by molar-refractivity contribution is 0.0771. The number of benzene rings is 1. The molecule has 1 atom stereocenters. The average Bonchev–Trinajstić information content (AvgIpc) is 3.05. The van der Waals surface area contributed by atoms with E-state index in [1.54, 1.807) is 35.4 Å². The molecular formula is C17H14BrN3O2. The Kier molecular flexibility index (Phi) is 4.58. The zero-order valence-corrected chi connectivity index (χ0v) is 13.9. The number of rotatable bonds is 3. The third-order valence-electron chi connectivity index (χ3n) is 3.70. The fraction of sp³-hybridized carbons (Fsp3) is 0.235. The maximum absolute atomic E-state index is 12.5. The van der Waals surface area contributed by atoms with Gasteiger partial charge in [-0.25, -0.2) is 4.98 Å². The molecule has 116 valence electrons. The summed E-state index contributed by atoms with van der Waals surface area (Å²) in [5, 5.41) is 8.80. The minimum atomic E-state index is -0.0662. The standard InChI is InChI=1S/C17H14BrN3O2/c18-15-2-1-8-20-16(15)23-14-7-9-21(11-14)17(22)13-5-3-12(10-19)4-6-13/h1-6,8,14H,7,9,11H2. The first-order valence-corrected chi connectivity index (χ1v) is 8.03. The van der Waals surface area contributed by atoms with E-state index in [-0.39, 0.29) is 12.0 Å². The molecule has 0 saturated carbocycles. The van der Waals surface area contributed by atoms with Crippen molar-refractivity contribution in [2.75, 3.05) is 13.1 Å². The van der Waals surface area contributed by atoms with Crippen molar-refractivity contribution >= 4 is 21.8 Å². The van der Waals surface area contributed by atoms with E-state index < -0.39 is 0 Å². The number of carbonyl (C=O) groups is 1. The molecule has 0 radical (unpaired) electrons. The van der Waals surface area contributed by atoms with Crippen LogP contribution >= 0.6 is 15.9 Å². The Hall–Kier alpha value is -2.39. The highest BCUT2D eigenvalue weighted by molar-refractivity contribution is 9.10. The van der Waals surface area contributed by atoms with Gasteiger partial charge in [0.2, 0.25) is 5.88 Å². The van der Waals surface area contributed by atoms with E-state index in [0.717, 1.165) is 10.9 Å². The van der Waals surface area contributed by atoms with Crippen LogP contribution in [0.2, 0.25) is 0 Å². The minimum Gasteiger partial charge on any atom is -0.472 e. The number of hydrogen-bond donors (Lipinski definition) is 0. The van der Waals surface area contributed by atoms with Gasteiger partial charge in [0.1, 0.15) is 6.10 Å². The minimum absolute atomic E-state index is 0.0410. The predicted molar refractivity (Wildman–Crippen MR) is 88.0 cm³/mol. The van der Waals surface area contributed by atoms with Crippen molar-refractivity contribution in [3.63, 3.8) is 0 Å². The first kappa shape index (κ1) is 15.5. The Morgan fingerprint density at radius 1 is 1.35 bits per heavy atom. The molecule has 1 unspecified atom stereocenters. The molecule has 1 aliphatic rings. The molecule has 5 nitrogen and oxygen atoms in total. The summed E-state index contributed by atoms with van der Waals surface area (Å²) in [4.78, 5) is 18.4. The number of nitriles is 1. The lowest BCUT2D eigenvalue weighted by Gasteiger charge is -2.17. The number of carbonyl (C=O) groups excluding carboxylic acids is 1. The van der Waals surface area contributed by atoms with Crippen molar-refractivity contribution in [1.82, 2.24) is 9.88 Å². The van der Waals surface area contributed by atoms with Crippen molar-refractivity contribution in [2.45, 2.75) is 12.5 Å². The van der Waals surface area contributed by atoms with Crippen molar-refractivity contribution in [3.05, 3.63) is 58.2 Å². The van der Waals surface area contributed by atoms with Gasteiger partial charge in [-0.2, -0.15) is 5.26 Å². The quantitative estimate of drug-likeness (QED) is 0.831. The molecule has 1 saturated heterocycles. The Morgan fingerprint density at radius 2 is 2.13 bits per heavy atom. The van der Waals surface area contributed by atoms with Crippen molar-refractivity contribution in [2.24, 2.45) is 0 Å². The monoisotopic (exact) mass is 371 g/mol. The van der Waals surface area contributed by atoms with Gasteiger partial charge in [-0.3, -0.25) is 4.79 Å². The number of hydrogen-bond acceptors (Lipinski definition) is 4. The summed E-state index contributed by atoms with van der Waals surface area (Å²) >= 11 is 3.40. The molecule has 0 spiro atoms. The van der Waals surface area contributed by atoms with Gasteiger partial charge < -0.3 is 9.64 Å². The van der Waals surface area contributed by atoms with Crippen molar-refractivity contribution in [1.29, 1.82) is 5.26 Å². The smallest absolute Gasteiger partial charge is 0.253 e. The van der Waals surface area contributed by atoms with Crippen LogP contribution in [-0.4, -0.2) is 35.0 Å². The molecular weight excluding hydrogens is 358 g/mol. The second-order valence-corrected chi connectivity index (χ2v) is 6.11. The van der Waals surface area contributed by atoms with Gasteiger partial charge in [0.15, 0.2) is 0 Å². The first-order valence-electron chi connectivity index (χ1n) is 7.24. The molecule has 0 aliphatic carbocycles. The van der Waals surface area contributed by atoms with Crippen LogP contribution in [0.1, 0.15) is 22.3 Å². The highest BCUT2D eigenvalue weighted by Gasteiger charge is 2.28. The molecule has 3 rings (SSSR count). The van der Waals surface area contributed by atoms with Crippen LogP contribution < -0.4 is 4.74 Å². The van der Waals surface area contributed by atoms with Gasteiger partial charge in [-0.1, -0.05) is 0 Å². The second-order valence-electron chi connectivity index (χ2n) is 5.26. The summed E-state index contributed by atoms with van der Waals surface area (Å²) in [5.41, 5.74) is 1.13. The second kappa shape index (κ2) is 6.80. The van der Waals surface area contributed by atoms with Gasteiger partial charge in [0.05, 0.1) is 22.7 Å². The normalized spacial score (nSPS) is 16.9. The first-order chi connectivity index (χ1) is 11.2. The van der Waals surface area contributed by atoms with E-state index in [1.165, 1.54) is 0 Å². The number of pyridine rings is 1. The number of ether oxygens (including phenoxy) is 1. The van der Waals surface area contributed by atoms with Gasteiger partial charge >= 0.3 is 0 Å². The zero-order chi connectivity index (χ0) is 16.2. The number of nitrogens with zero attached hydrogens (tertiary/aromatic N) is 3. The number of halogens is 1. The third-order valence-corrected chi connectivity index (χ3v) is 4.30. The van der Waals surface area contributed by atoms with Crippen LogP contribution in [0.4, 0.5) is 0 Å². The van der Waals surface area contributed by atoms with Crippen molar-refractivity contribution < 1.29 is 9.53 Å². The molecule has 2 heterocycles. The Labute approximate surface area is 142 Å². The van der Waals surface area contributed by atoms with Crippen LogP contribution in [-0.2, 0) is 0 Å².